The molecule has 2 rings (SSSR count). The third-order valence-electron chi connectivity index (χ3n) is 4.20. The van der Waals surface area contributed by atoms with Crippen LogP contribution in [0.2, 0.25) is 0 Å². The summed E-state index contributed by atoms with van der Waals surface area (Å²) in [5, 5.41) is 3.34. The summed E-state index contributed by atoms with van der Waals surface area (Å²) >= 11 is 0. The normalized spacial score (nSPS) is 36.1. The number of ether oxygens (including phenoxy) is 1. The van der Waals surface area contributed by atoms with Gasteiger partial charge in [0.05, 0.1) is 18.1 Å². The van der Waals surface area contributed by atoms with Gasteiger partial charge in [-0.1, -0.05) is 0 Å². The second-order valence-electron chi connectivity index (χ2n) is 5.52. The Morgan fingerprint density at radius 2 is 2.17 bits per heavy atom. The summed E-state index contributed by atoms with van der Waals surface area (Å²) in [5.41, 5.74) is 0. The fourth-order valence-electron chi connectivity index (χ4n) is 3.00. The van der Waals surface area contributed by atoms with Crippen LogP contribution in [-0.4, -0.2) is 70.8 Å². The first-order chi connectivity index (χ1) is 8.52. The summed E-state index contributed by atoms with van der Waals surface area (Å²) in [6.07, 6.45) is 1.81. The first-order valence-electron chi connectivity index (χ1n) is 6.67. The highest BCUT2D eigenvalue weighted by molar-refractivity contribution is 7.91. The van der Waals surface area contributed by atoms with E-state index in [1.807, 2.05) is 14.1 Å². The molecule has 0 aromatic carbocycles. The van der Waals surface area contributed by atoms with E-state index in [1.165, 1.54) is 0 Å². The van der Waals surface area contributed by atoms with Crippen LogP contribution in [-0.2, 0) is 14.6 Å². The molecule has 2 heterocycles. The standard InChI is InChI=1S/C12H24N2O3S/c1-13-12-3-5-17-8-10(12)7-14(2)11-4-6-18(15,16)9-11/h10-13H,3-9H2,1-2H3. The smallest absolute Gasteiger partial charge is 0.151 e. The molecule has 0 aliphatic carbocycles. The van der Waals surface area contributed by atoms with Crippen LogP contribution < -0.4 is 5.32 Å². The second kappa shape index (κ2) is 5.86. The van der Waals surface area contributed by atoms with Crippen LogP contribution in [0.25, 0.3) is 0 Å². The van der Waals surface area contributed by atoms with Crippen molar-refractivity contribution in [3.8, 4) is 0 Å². The molecule has 2 aliphatic rings. The van der Waals surface area contributed by atoms with E-state index in [2.05, 4.69) is 10.2 Å². The van der Waals surface area contributed by atoms with Gasteiger partial charge in [-0.2, -0.15) is 0 Å². The zero-order chi connectivity index (χ0) is 13.2. The van der Waals surface area contributed by atoms with Crippen molar-refractivity contribution in [2.75, 3.05) is 45.4 Å². The molecule has 0 aromatic heterocycles. The van der Waals surface area contributed by atoms with E-state index in [-0.39, 0.29) is 6.04 Å². The number of nitrogens with one attached hydrogen (secondary N) is 1. The first-order valence-corrected chi connectivity index (χ1v) is 8.49. The molecular weight excluding hydrogens is 252 g/mol. The van der Waals surface area contributed by atoms with Crippen molar-refractivity contribution in [3.63, 3.8) is 0 Å². The zero-order valence-electron chi connectivity index (χ0n) is 11.3. The minimum absolute atomic E-state index is 0.189. The van der Waals surface area contributed by atoms with E-state index in [9.17, 15) is 8.42 Å². The van der Waals surface area contributed by atoms with E-state index in [0.717, 1.165) is 32.6 Å². The quantitative estimate of drug-likeness (QED) is 0.766. The summed E-state index contributed by atoms with van der Waals surface area (Å²) in [7, 11) is 1.23. The van der Waals surface area contributed by atoms with Gasteiger partial charge in [0.1, 0.15) is 0 Å². The lowest BCUT2D eigenvalue weighted by Crippen LogP contribution is -2.48. The van der Waals surface area contributed by atoms with Crippen molar-refractivity contribution in [1.29, 1.82) is 0 Å². The van der Waals surface area contributed by atoms with Gasteiger partial charge in [-0.05, 0) is 26.9 Å². The zero-order valence-corrected chi connectivity index (χ0v) is 12.1. The van der Waals surface area contributed by atoms with Crippen LogP contribution >= 0.6 is 0 Å². The van der Waals surface area contributed by atoms with Crippen LogP contribution in [0.1, 0.15) is 12.8 Å². The molecule has 0 amide bonds. The molecule has 3 unspecified atom stereocenters. The fraction of sp³-hybridized carbons (Fsp3) is 1.00. The molecule has 0 bridgehead atoms. The Morgan fingerprint density at radius 3 is 2.78 bits per heavy atom. The minimum Gasteiger partial charge on any atom is -0.381 e. The summed E-state index contributed by atoms with van der Waals surface area (Å²) in [5.74, 6) is 1.12. The first kappa shape index (κ1) is 14.2. The van der Waals surface area contributed by atoms with Crippen LogP contribution in [0.4, 0.5) is 0 Å². The topological polar surface area (TPSA) is 58.6 Å². The van der Waals surface area contributed by atoms with Crippen LogP contribution in [0, 0.1) is 5.92 Å². The molecule has 3 atom stereocenters. The van der Waals surface area contributed by atoms with Crippen molar-refractivity contribution >= 4 is 9.84 Å². The average Bonchev–Trinajstić information content (AvgIpc) is 2.70. The van der Waals surface area contributed by atoms with Crippen LogP contribution in [0.3, 0.4) is 0 Å². The summed E-state index contributed by atoms with van der Waals surface area (Å²) in [6, 6.07) is 0.675. The molecule has 2 saturated heterocycles. The minimum atomic E-state index is -2.79. The van der Waals surface area contributed by atoms with Gasteiger partial charge in [0, 0.05) is 31.2 Å². The third-order valence-corrected chi connectivity index (χ3v) is 5.95. The number of rotatable bonds is 4. The van der Waals surface area contributed by atoms with Crippen molar-refractivity contribution in [2.45, 2.75) is 24.9 Å². The molecule has 106 valence electrons. The van der Waals surface area contributed by atoms with Crippen molar-refractivity contribution in [2.24, 2.45) is 5.92 Å². The lowest BCUT2D eigenvalue weighted by atomic mass is 9.95. The predicted octanol–water partition coefficient (Wildman–Crippen LogP) is -0.270. The van der Waals surface area contributed by atoms with Gasteiger partial charge in [-0.3, -0.25) is 0 Å². The Hall–Kier alpha value is -0.170. The predicted molar refractivity (Wildman–Crippen MR) is 71.5 cm³/mol. The molecule has 0 saturated carbocycles. The van der Waals surface area contributed by atoms with Gasteiger partial charge >= 0.3 is 0 Å². The highest BCUT2D eigenvalue weighted by Crippen LogP contribution is 2.21. The maximum Gasteiger partial charge on any atom is 0.151 e. The number of hydrogen-bond donors (Lipinski definition) is 1. The molecule has 5 nitrogen and oxygen atoms in total. The van der Waals surface area contributed by atoms with Crippen molar-refractivity contribution < 1.29 is 13.2 Å². The SMILES string of the molecule is CNC1CCOCC1CN(C)C1CCS(=O)(=O)C1. The Kier molecular flexibility index (Phi) is 4.64. The van der Waals surface area contributed by atoms with Crippen molar-refractivity contribution in [1.82, 2.24) is 10.2 Å². The molecule has 2 aliphatic heterocycles. The monoisotopic (exact) mass is 276 g/mol. The van der Waals surface area contributed by atoms with E-state index < -0.39 is 9.84 Å². The largest absolute Gasteiger partial charge is 0.381 e. The Balaban J connectivity index is 1.88. The van der Waals surface area contributed by atoms with Gasteiger partial charge in [-0.15, -0.1) is 0 Å². The van der Waals surface area contributed by atoms with Gasteiger partial charge < -0.3 is 15.0 Å². The van der Waals surface area contributed by atoms with E-state index in [4.69, 9.17) is 4.74 Å². The molecule has 0 spiro atoms. The molecule has 1 N–H and O–H groups in total. The average molecular weight is 276 g/mol. The highest BCUT2D eigenvalue weighted by Gasteiger charge is 2.33. The van der Waals surface area contributed by atoms with Crippen LogP contribution in [0.5, 0.6) is 0 Å². The lowest BCUT2D eigenvalue weighted by molar-refractivity contribution is 0.0177. The van der Waals surface area contributed by atoms with Gasteiger partial charge in [0.15, 0.2) is 9.84 Å². The summed E-state index contributed by atoms with van der Waals surface area (Å²) in [4.78, 5) is 2.20. The summed E-state index contributed by atoms with van der Waals surface area (Å²) < 4.78 is 28.5. The number of hydrogen-bond acceptors (Lipinski definition) is 5. The molecule has 0 radical (unpaired) electrons. The van der Waals surface area contributed by atoms with Gasteiger partial charge in [0.2, 0.25) is 0 Å². The van der Waals surface area contributed by atoms with E-state index in [1.54, 1.807) is 0 Å². The molecular formula is C12H24N2O3S. The lowest BCUT2D eigenvalue weighted by Gasteiger charge is -2.35. The van der Waals surface area contributed by atoms with Crippen molar-refractivity contribution in [3.05, 3.63) is 0 Å². The third kappa shape index (κ3) is 3.44. The van der Waals surface area contributed by atoms with Gasteiger partial charge in [-0.25, -0.2) is 8.42 Å². The second-order valence-corrected chi connectivity index (χ2v) is 7.74. The highest BCUT2D eigenvalue weighted by atomic mass is 32.2. The van der Waals surface area contributed by atoms with E-state index >= 15 is 0 Å². The van der Waals surface area contributed by atoms with Crippen LogP contribution in [0.15, 0.2) is 0 Å². The molecule has 2 fully saturated rings. The Bertz CT molecular complexity index is 372. The fourth-order valence-corrected chi connectivity index (χ4v) is 4.80. The Morgan fingerprint density at radius 1 is 1.39 bits per heavy atom. The van der Waals surface area contributed by atoms with E-state index in [0.29, 0.717) is 23.5 Å². The number of nitrogens with zero attached hydrogens (tertiary/aromatic N) is 1. The molecule has 18 heavy (non-hydrogen) atoms. The molecule has 0 aromatic rings. The maximum absolute atomic E-state index is 11.5. The molecule has 6 heteroatoms. The van der Waals surface area contributed by atoms with Gasteiger partial charge in [0.25, 0.3) is 0 Å². The maximum atomic E-state index is 11.5. The Labute approximate surface area is 110 Å². The summed E-state index contributed by atoms with van der Waals surface area (Å²) in [6.45, 7) is 2.50. The number of sulfone groups is 1.